The van der Waals surface area contributed by atoms with E-state index in [1.165, 1.54) is 10.9 Å². The zero-order valence-corrected chi connectivity index (χ0v) is 15.5. The summed E-state index contributed by atoms with van der Waals surface area (Å²) in [5, 5.41) is 7.08. The summed E-state index contributed by atoms with van der Waals surface area (Å²) >= 11 is 6.11. The Morgan fingerprint density at radius 2 is 1.88 bits per heavy atom. The van der Waals surface area contributed by atoms with E-state index in [1.54, 1.807) is 19.0 Å². The van der Waals surface area contributed by atoms with Gasteiger partial charge in [-0.15, -0.1) is 0 Å². The van der Waals surface area contributed by atoms with Gasteiger partial charge in [0.25, 0.3) is 0 Å². The first-order chi connectivity index (χ1) is 11.8. The molecule has 2 heterocycles. The standard InChI is InChI=1S/C18H21ClN4O2/c1-10-5-11(2)7-12(6-10)13-9-22(3)18(25)15(13)17(24)21-14-8-20-23(4)16(14)19/h5-8,13,15H,9H2,1-4H3,(H,21,24)/t13-,15+/m1/s1. The number of amides is 2. The van der Waals surface area contributed by atoms with E-state index in [9.17, 15) is 9.59 Å². The molecule has 0 radical (unpaired) electrons. The molecule has 1 aliphatic rings. The van der Waals surface area contributed by atoms with E-state index in [-0.39, 0.29) is 17.7 Å². The number of hydrogen-bond donors (Lipinski definition) is 1. The number of rotatable bonds is 3. The third-order valence-electron chi connectivity index (χ3n) is 4.59. The van der Waals surface area contributed by atoms with E-state index in [1.807, 2.05) is 26.0 Å². The van der Waals surface area contributed by atoms with Crippen molar-refractivity contribution < 1.29 is 9.59 Å². The normalized spacial score (nSPS) is 20.2. The first-order valence-electron chi connectivity index (χ1n) is 8.09. The average Bonchev–Trinajstić information content (AvgIpc) is 3.00. The van der Waals surface area contributed by atoms with Crippen LogP contribution < -0.4 is 5.32 Å². The van der Waals surface area contributed by atoms with Crippen molar-refractivity contribution in [2.24, 2.45) is 13.0 Å². The Bertz CT molecular complexity index is 825. The van der Waals surface area contributed by atoms with Gasteiger partial charge in [-0.1, -0.05) is 40.9 Å². The minimum absolute atomic E-state index is 0.179. The highest BCUT2D eigenvalue weighted by Crippen LogP contribution is 2.35. The Hall–Kier alpha value is -2.34. The van der Waals surface area contributed by atoms with E-state index in [0.29, 0.717) is 17.4 Å². The zero-order valence-electron chi connectivity index (χ0n) is 14.7. The minimum Gasteiger partial charge on any atom is -0.344 e. The van der Waals surface area contributed by atoms with Gasteiger partial charge in [-0.05, 0) is 19.4 Å². The Balaban J connectivity index is 1.92. The number of aromatic nitrogens is 2. The Morgan fingerprint density at radius 3 is 2.44 bits per heavy atom. The van der Waals surface area contributed by atoms with Gasteiger partial charge in [-0.2, -0.15) is 5.10 Å². The maximum Gasteiger partial charge on any atom is 0.237 e. The summed E-state index contributed by atoms with van der Waals surface area (Å²) in [4.78, 5) is 27.0. The van der Waals surface area contributed by atoms with Crippen LogP contribution in [0.5, 0.6) is 0 Å². The summed E-state index contributed by atoms with van der Waals surface area (Å²) in [5.74, 6) is -1.50. The molecular weight excluding hydrogens is 340 g/mol. The first kappa shape index (κ1) is 17.5. The summed E-state index contributed by atoms with van der Waals surface area (Å²) in [7, 11) is 3.41. The van der Waals surface area contributed by atoms with Crippen molar-refractivity contribution in [3.05, 3.63) is 46.2 Å². The largest absolute Gasteiger partial charge is 0.344 e. The van der Waals surface area contributed by atoms with E-state index in [4.69, 9.17) is 11.6 Å². The maximum absolute atomic E-state index is 12.8. The molecule has 1 N–H and O–H groups in total. The fraction of sp³-hybridized carbons (Fsp3) is 0.389. The average molecular weight is 361 g/mol. The predicted molar refractivity (Wildman–Crippen MR) is 96.6 cm³/mol. The molecule has 0 bridgehead atoms. The van der Waals surface area contributed by atoms with Gasteiger partial charge >= 0.3 is 0 Å². The van der Waals surface area contributed by atoms with Crippen LogP contribution in [0.4, 0.5) is 5.69 Å². The van der Waals surface area contributed by atoms with Gasteiger partial charge in [-0.3, -0.25) is 14.3 Å². The molecule has 0 spiro atoms. The van der Waals surface area contributed by atoms with E-state index in [2.05, 4.69) is 16.5 Å². The summed E-state index contributed by atoms with van der Waals surface area (Å²) in [5.41, 5.74) is 3.65. The second kappa shape index (κ2) is 6.52. The second-order valence-electron chi connectivity index (χ2n) is 6.69. The van der Waals surface area contributed by atoms with Crippen molar-refractivity contribution >= 4 is 29.1 Å². The van der Waals surface area contributed by atoms with Crippen LogP contribution in [0, 0.1) is 19.8 Å². The molecule has 0 aliphatic carbocycles. The fourth-order valence-electron chi connectivity index (χ4n) is 3.43. The van der Waals surface area contributed by atoms with E-state index in [0.717, 1.165) is 16.7 Å². The van der Waals surface area contributed by atoms with Crippen LogP contribution in [0.2, 0.25) is 5.15 Å². The number of nitrogens with one attached hydrogen (secondary N) is 1. The molecule has 0 saturated carbocycles. The van der Waals surface area contributed by atoms with Crippen LogP contribution >= 0.6 is 11.6 Å². The molecule has 0 unspecified atom stereocenters. The summed E-state index contributed by atoms with van der Waals surface area (Å²) in [6.07, 6.45) is 1.48. The van der Waals surface area contributed by atoms with Crippen molar-refractivity contribution in [3.63, 3.8) is 0 Å². The quantitative estimate of drug-likeness (QED) is 0.855. The third-order valence-corrected chi connectivity index (χ3v) is 5.04. The molecule has 7 heteroatoms. The molecule has 1 aliphatic heterocycles. The number of aryl methyl sites for hydroxylation is 3. The molecule has 1 aromatic heterocycles. The van der Waals surface area contributed by atoms with Crippen LogP contribution in [0.25, 0.3) is 0 Å². The lowest BCUT2D eigenvalue weighted by atomic mass is 9.86. The Kier molecular flexibility index (Phi) is 4.56. The van der Waals surface area contributed by atoms with Crippen LogP contribution in [0.1, 0.15) is 22.6 Å². The Morgan fingerprint density at radius 1 is 1.24 bits per heavy atom. The molecule has 132 valence electrons. The van der Waals surface area contributed by atoms with Gasteiger partial charge < -0.3 is 10.2 Å². The monoisotopic (exact) mass is 360 g/mol. The molecule has 3 rings (SSSR count). The molecule has 1 saturated heterocycles. The van der Waals surface area contributed by atoms with Crippen LogP contribution in [0.3, 0.4) is 0 Å². The number of nitrogens with zero attached hydrogens (tertiary/aromatic N) is 3. The summed E-state index contributed by atoms with van der Waals surface area (Å²) in [6.45, 7) is 4.55. The number of hydrogen-bond acceptors (Lipinski definition) is 3. The maximum atomic E-state index is 12.8. The van der Waals surface area contributed by atoms with Crippen molar-refractivity contribution in [2.75, 3.05) is 18.9 Å². The topological polar surface area (TPSA) is 67.2 Å². The van der Waals surface area contributed by atoms with Crippen molar-refractivity contribution in [3.8, 4) is 0 Å². The lowest BCUT2D eigenvalue weighted by Crippen LogP contribution is -2.32. The van der Waals surface area contributed by atoms with Crippen molar-refractivity contribution in [2.45, 2.75) is 19.8 Å². The lowest BCUT2D eigenvalue weighted by molar-refractivity contribution is -0.135. The molecule has 25 heavy (non-hydrogen) atoms. The van der Waals surface area contributed by atoms with Crippen LogP contribution in [-0.2, 0) is 16.6 Å². The van der Waals surface area contributed by atoms with Gasteiger partial charge in [0.1, 0.15) is 11.1 Å². The molecule has 6 nitrogen and oxygen atoms in total. The molecule has 1 fully saturated rings. The highest BCUT2D eigenvalue weighted by Gasteiger charge is 2.44. The second-order valence-corrected chi connectivity index (χ2v) is 7.04. The number of likely N-dealkylation sites (N-methyl/N-ethyl adjacent to an activating group) is 1. The molecular formula is C18H21ClN4O2. The lowest BCUT2D eigenvalue weighted by Gasteiger charge is -2.18. The van der Waals surface area contributed by atoms with Crippen LogP contribution in [-0.4, -0.2) is 40.1 Å². The highest BCUT2D eigenvalue weighted by atomic mass is 35.5. The first-order valence-corrected chi connectivity index (χ1v) is 8.47. The number of likely N-dealkylation sites (tertiary alicyclic amines) is 1. The number of benzene rings is 1. The van der Waals surface area contributed by atoms with Gasteiger partial charge in [0.05, 0.1) is 11.9 Å². The number of carbonyl (C=O) groups excluding carboxylic acids is 2. The minimum atomic E-state index is -0.775. The summed E-state index contributed by atoms with van der Waals surface area (Å²) < 4.78 is 1.46. The number of carbonyl (C=O) groups is 2. The molecule has 2 atom stereocenters. The van der Waals surface area contributed by atoms with Gasteiger partial charge in [0, 0.05) is 26.6 Å². The van der Waals surface area contributed by atoms with Gasteiger partial charge in [0.2, 0.25) is 11.8 Å². The van der Waals surface area contributed by atoms with Gasteiger partial charge in [-0.25, -0.2) is 0 Å². The fourth-order valence-corrected chi connectivity index (χ4v) is 3.57. The van der Waals surface area contributed by atoms with Crippen molar-refractivity contribution in [1.82, 2.24) is 14.7 Å². The summed E-state index contributed by atoms with van der Waals surface area (Å²) in [6, 6.07) is 6.16. The van der Waals surface area contributed by atoms with Crippen molar-refractivity contribution in [1.29, 1.82) is 0 Å². The van der Waals surface area contributed by atoms with E-state index < -0.39 is 5.92 Å². The SMILES string of the molecule is Cc1cc(C)cc([C@H]2CN(C)C(=O)[C@@H]2C(=O)Nc2cnn(C)c2Cl)c1. The number of anilines is 1. The molecule has 2 aromatic rings. The molecule has 1 aromatic carbocycles. The van der Waals surface area contributed by atoms with Gasteiger partial charge in [0.15, 0.2) is 0 Å². The highest BCUT2D eigenvalue weighted by molar-refractivity contribution is 6.32. The smallest absolute Gasteiger partial charge is 0.237 e. The van der Waals surface area contributed by atoms with E-state index >= 15 is 0 Å². The zero-order chi connectivity index (χ0) is 18.3. The predicted octanol–water partition coefficient (Wildman–Crippen LogP) is 2.50. The van der Waals surface area contributed by atoms with Crippen LogP contribution in [0.15, 0.2) is 24.4 Å². The Labute approximate surface area is 151 Å². The number of halogens is 1. The molecule has 2 amide bonds. The third kappa shape index (κ3) is 3.26.